The summed E-state index contributed by atoms with van der Waals surface area (Å²) in [6.07, 6.45) is 5.44. The fourth-order valence-corrected chi connectivity index (χ4v) is 4.23. The number of aliphatic hydroxyl groups excluding tert-OH is 1. The van der Waals surface area contributed by atoms with E-state index in [-0.39, 0.29) is 17.7 Å². The Hall–Kier alpha value is -4.15. The number of aromatic nitrogens is 5. The smallest absolute Gasteiger partial charge is 0.281 e. The van der Waals surface area contributed by atoms with Gasteiger partial charge in [-0.25, -0.2) is 9.07 Å². The summed E-state index contributed by atoms with van der Waals surface area (Å²) in [6.45, 7) is 2.81. The molecule has 1 saturated heterocycles. The maximum atomic E-state index is 14.6. The highest BCUT2D eigenvalue weighted by molar-refractivity contribution is 5.81. The number of nitrogens with zero attached hydrogens (tertiary/aromatic N) is 6. The zero-order valence-electron chi connectivity index (χ0n) is 18.7. The fourth-order valence-electron chi connectivity index (χ4n) is 4.23. The highest BCUT2D eigenvalue weighted by Gasteiger charge is 2.26. The molecule has 2 aliphatic heterocycles. The molecule has 0 unspecified atom stereocenters. The van der Waals surface area contributed by atoms with Gasteiger partial charge in [0.15, 0.2) is 5.69 Å². The summed E-state index contributed by atoms with van der Waals surface area (Å²) in [6, 6.07) is 14.3. The van der Waals surface area contributed by atoms with E-state index in [0.29, 0.717) is 36.8 Å². The maximum absolute atomic E-state index is 14.6. The van der Waals surface area contributed by atoms with Crippen LogP contribution < -0.4 is 5.32 Å². The van der Waals surface area contributed by atoms with Crippen LogP contribution in [0.5, 0.6) is 0 Å². The number of likely N-dealkylation sites (tertiary alicyclic amines) is 1. The highest BCUT2D eigenvalue weighted by atomic mass is 19.1. The molecule has 176 valence electrons. The van der Waals surface area contributed by atoms with Crippen LogP contribution in [0.1, 0.15) is 11.3 Å². The van der Waals surface area contributed by atoms with Gasteiger partial charge in [0.2, 0.25) is 5.82 Å². The van der Waals surface area contributed by atoms with E-state index in [4.69, 9.17) is 4.52 Å². The zero-order valence-corrected chi connectivity index (χ0v) is 18.7. The van der Waals surface area contributed by atoms with Crippen molar-refractivity contribution in [3.63, 3.8) is 0 Å². The first-order chi connectivity index (χ1) is 17.2. The van der Waals surface area contributed by atoms with E-state index in [1.165, 1.54) is 10.7 Å². The molecule has 0 radical (unpaired) electrons. The average molecular weight is 471 g/mol. The number of hydrogen-bond donors (Lipinski definition) is 2. The normalized spacial score (nSPS) is 16.1. The Balaban J connectivity index is 1.33. The number of rotatable bonds is 6. The molecule has 1 fully saturated rings. The predicted molar refractivity (Wildman–Crippen MR) is 126 cm³/mol. The van der Waals surface area contributed by atoms with Crippen molar-refractivity contribution in [1.82, 2.24) is 35.4 Å². The molecule has 35 heavy (non-hydrogen) atoms. The molecule has 0 amide bonds. The second kappa shape index (κ2) is 8.90. The summed E-state index contributed by atoms with van der Waals surface area (Å²) >= 11 is 0. The van der Waals surface area contributed by atoms with Crippen molar-refractivity contribution in [2.45, 2.75) is 12.6 Å². The highest BCUT2D eigenvalue weighted by Crippen LogP contribution is 2.31. The molecule has 9 nitrogen and oxygen atoms in total. The molecule has 0 saturated carbocycles. The lowest BCUT2D eigenvalue weighted by atomic mass is 10.1. The van der Waals surface area contributed by atoms with Crippen LogP contribution in [-0.4, -0.2) is 60.9 Å². The third-order valence-electron chi connectivity index (χ3n) is 6.03. The van der Waals surface area contributed by atoms with E-state index >= 15 is 0 Å². The Bertz CT molecular complexity index is 1420. The van der Waals surface area contributed by atoms with E-state index in [1.54, 1.807) is 18.2 Å². The quantitative estimate of drug-likeness (QED) is 0.442. The SMILES string of the molecule is OC1CN(Cc2ccc(-c3noc(-c4nnn(-c5ccccc5F)c4C4=CCNC=C4)n3)cc2)C1. The van der Waals surface area contributed by atoms with E-state index in [2.05, 4.69) is 30.7 Å². The maximum Gasteiger partial charge on any atom is 0.281 e. The van der Waals surface area contributed by atoms with Crippen LogP contribution in [0.3, 0.4) is 0 Å². The van der Waals surface area contributed by atoms with Crippen LogP contribution in [0.25, 0.3) is 34.2 Å². The van der Waals surface area contributed by atoms with Gasteiger partial charge in [-0.05, 0) is 30.0 Å². The predicted octanol–water partition coefficient (Wildman–Crippen LogP) is 2.80. The number of allylic oxidation sites excluding steroid dienone is 2. The molecule has 2 aromatic carbocycles. The number of hydrogen-bond acceptors (Lipinski definition) is 8. The summed E-state index contributed by atoms with van der Waals surface area (Å²) in [5.41, 5.74) is 3.97. The summed E-state index contributed by atoms with van der Waals surface area (Å²) in [5, 5.41) is 25.2. The topological polar surface area (TPSA) is 105 Å². The van der Waals surface area contributed by atoms with Crippen molar-refractivity contribution >= 4 is 5.57 Å². The van der Waals surface area contributed by atoms with Gasteiger partial charge in [0.05, 0.1) is 6.10 Å². The Kier molecular flexibility index (Phi) is 5.44. The number of dihydropyridines is 1. The minimum absolute atomic E-state index is 0.198. The Labute approximate surface area is 200 Å². The third kappa shape index (κ3) is 4.13. The molecule has 0 spiro atoms. The van der Waals surface area contributed by atoms with Crippen molar-refractivity contribution < 1.29 is 14.0 Å². The molecule has 2 N–H and O–H groups in total. The number of aliphatic hydroxyl groups is 1. The lowest BCUT2D eigenvalue weighted by Gasteiger charge is -2.35. The van der Waals surface area contributed by atoms with Crippen molar-refractivity contribution in [2.75, 3.05) is 19.6 Å². The monoisotopic (exact) mass is 471 g/mol. The number of nitrogens with one attached hydrogen (secondary N) is 1. The first kappa shape index (κ1) is 21.4. The van der Waals surface area contributed by atoms with Gasteiger partial charge < -0.3 is 14.9 Å². The molecule has 0 bridgehead atoms. The van der Waals surface area contributed by atoms with Crippen LogP contribution in [0.2, 0.25) is 0 Å². The third-order valence-corrected chi connectivity index (χ3v) is 6.03. The molecule has 2 aliphatic rings. The molecule has 0 atom stereocenters. The van der Waals surface area contributed by atoms with Crippen LogP contribution in [0, 0.1) is 5.82 Å². The van der Waals surface area contributed by atoms with Crippen molar-refractivity contribution in [1.29, 1.82) is 0 Å². The van der Waals surface area contributed by atoms with Crippen molar-refractivity contribution in [3.05, 3.63) is 84.0 Å². The van der Waals surface area contributed by atoms with Gasteiger partial charge in [0, 0.05) is 37.3 Å². The molecular formula is C25H22FN7O2. The van der Waals surface area contributed by atoms with E-state index < -0.39 is 5.82 Å². The molecule has 6 rings (SSSR count). The lowest BCUT2D eigenvalue weighted by molar-refractivity contribution is -0.00286. The lowest BCUT2D eigenvalue weighted by Crippen LogP contribution is -2.49. The molecule has 4 aromatic rings. The van der Waals surface area contributed by atoms with Gasteiger partial charge >= 0.3 is 0 Å². The molecule has 4 heterocycles. The first-order valence-electron chi connectivity index (χ1n) is 11.3. The Morgan fingerprint density at radius 2 is 1.94 bits per heavy atom. The molecular weight excluding hydrogens is 449 g/mol. The Morgan fingerprint density at radius 1 is 1.11 bits per heavy atom. The summed E-state index contributed by atoms with van der Waals surface area (Å²) in [5.74, 6) is 0.207. The molecule has 0 aliphatic carbocycles. The zero-order chi connectivity index (χ0) is 23.8. The van der Waals surface area contributed by atoms with Gasteiger partial charge in [0.1, 0.15) is 17.2 Å². The van der Waals surface area contributed by atoms with Gasteiger partial charge in [-0.15, -0.1) is 5.10 Å². The standard InChI is InChI=1S/C25H22FN7O2/c26-20-3-1-2-4-21(20)33-23(17-9-11-27-12-10-17)22(29-31-33)25-28-24(30-35-25)18-7-5-16(6-8-18)13-32-14-19(34)15-32/h1-11,19,27,34H,12-15H2. The van der Waals surface area contributed by atoms with Crippen molar-refractivity contribution in [3.8, 4) is 28.7 Å². The van der Waals surface area contributed by atoms with E-state index in [9.17, 15) is 9.50 Å². The van der Waals surface area contributed by atoms with Gasteiger partial charge in [0.25, 0.3) is 5.89 Å². The minimum Gasteiger partial charge on any atom is -0.390 e. The number of benzene rings is 2. The molecule has 10 heteroatoms. The van der Waals surface area contributed by atoms with Crippen LogP contribution >= 0.6 is 0 Å². The largest absolute Gasteiger partial charge is 0.390 e. The first-order valence-corrected chi connectivity index (χ1v) is 11.3. The molecule has 2 aromatic heterocycles. The second-order valence-electron chi connectivity index (χ2n) is 8.52. The van der Waals surface area contributed by atoms with E-state index in [0.717, 1.165) is 23.2 Å². The minimum atomic E-state index is -0.414. The van der Waals surface area contributed by atoms with Crippen LogP contribution in [0.4, 0.5) is 4.39 Å². The summed E-state index contributed by atoms with van der Waals surface area (Å²) in [4.78, 5) is 6.74. The van der Waals surface area contributed by atoms with E-state index in [1.807, 2.05) is 42.6 Å². The number of halogens is 1. The van der Waals surface area contributed by atoms with Crippen molar-refractivity contribution in [2.24, 2.45) is 0 Å². The average Bonchev–Trinajstić information content (AvgIpc) is 3.52. The fraction of sp³-hybridized carbons (Fsp3) is 0.200. The van der Waals surface area contributed by atoms with Crippen LogP contribution in [-0.2, 0) is 6.54 Å². The van der Waals surface area contributed by atoms with Gasteiger partial charge in [-0.1, -0.05) is 52.8 Å². The summed E-state index contributed by atoms with van der Waals surface area (Å²) in [7, 11) is 0. The Morgan fingerprint density at radius 3 is 2.69 bits per heavy atom. The number of β-amino-alcohol motifs (C(OH)–C–C–N with tert-alkyl or cyclic N) is 1. The number of para-hydroxylation sites is 1. The van der Waals surface area contributed by atoms with Gasteiger partial charge in [-0.3, -0.25) is 4.90 Å². The summed E-state index contributed by atoms with van der Waals surface area (Å²) < 4.78 is 21.6. The van der Waals surface area contributed by atoms with Gasteiger partial charge in [-0.2, -0.15) is 4.98 Å². The van der Waals surface area contributed by atoms with Crippen LogP contribution in [0.15, 0.2) is 71.4 Å². The second-order valence-corrected chi connectivity index (χ2v) is 8.52.